The summed E-state index contributed by atoms with van der Waals surface area (Å²) in [6.07, 6.45) is 1.68. The highest BCUT2D eigenvalue weighted by atomic mass is 16.2. The second-order valence-corrected chi connectivity index (χ2v) is 6.18. The average Bonchev–Trinajstić information content (AvgIpc) is 3.00. The van der Waals surface area contributed by atoms with Crippen LogP contribution in [0.3, 0.4) is 0 Å². The smallest absolute Gasteiger partial charge is 0.318 e. The van der Waals surface area contributed by atoms with E-state index >= 15 is 0 Å². The lowest BCUT2D eigenvalue weighted by Crippen LogP contribution is -2.46. The molecular weight excluding hydrogens is 304 g/mol. The number of nitrogens with one attached hydrogen (secondary N) is 1. The first-order chi connectivity index (χ1) is 11.6. The molecule has 0 saturated heterocycles. The van der Waals surface area contributed by atoms with Crippen molar-refractivity contribution in [2.24, 2.45) is 0 Å². The molecule has 0 fully saturated rings. The first-order valence-electron chi connectivity index (χ1n) is 8.30. The number of hydrogen-bond acceptors (Lipinski definition) is 4. The molecule has 0 spiro atoms. The van der Waals surface area contributed by atoms with Crippen LogP contribution in [0.1, 0.15) is 25.2 Å². The van der Waals surface area contributed by atoms with E-state index < -0.39 is 0 Å². The standard InChI is InChI=1S/C17H24N6O/c1-4-22-12-19-20-16(22)9-18-17(24)23-11-14-7-5-6-8-15(14)21(3)10-13(23)2/h5-8,12-13H,4,9-11H2,1-3H3,(H,18,24)/t13-/m1/s1. The highest BCUT2D eigenvalue weighted by Gasteiger charge is 2.26. The summed E-state index contributed by atoms with van der Waals surface area (Å²) in [5.74, 6) is 0.769. The number of likely N-dealkylation sites (N-methyl/N-ethyl adjacent to an activating group) is 1. The quantitative estimate of drug-likeness (QED) is 0.934. The fourth-order valence-corrected chi connectivity index (χ4v) is 3.16. The number of carbonyl (C=O) groups is 1. The van der Waals surface area contributed by atoms with Gasteiger partial charge in [0.05, 0.1) is 6.54 Å². The van der Waals surface area contributed by atoms with Gasteiger partial charge >= 0.3 is 6.03 Å². The third-order valence-electron chi connectivity index (χ3n) is 4.51. The summed E-state index contributed by atoms with van der Waals surface area (Å²) in [4.78, 5) is 16.8. The maximum Gasteiger partial charge on any atom is 0.318 e. The fraction of sp³-hybridized carbons (Fsp3) is 0.471. The topological polar surface area (TPSA) is 66.3 Å². The number of nitrogens with zero attached hydrogens (tertiary/aromatic N) is 5. The van der Waals surface area contributed by atoms with Gasteiger partial charge in [-0.15, -0.1) is 10.2 Å². The zero-order valence-electron chi connectivity index (χ0n) is 14.4. The zero-order valence-corrected chi connectivity index (χ0v) is 14.4. The Kier molecular flexibility index (Phi) is 4.69. The number of rotatable bonds is 3. The van der Waals surface area contributed by atoms with Gasteiger partial charge in [-0.1, -0.05) is 18.2 Å². The van der Waals surface area contributed by atoms with Gasteiger partial charge in [-0.3, -0.25) is 0 Å². The van der Waals surface area contributed by atoms with E-state index in [0.29, 0.717) is 13.1 Å². The van der Waals surface area contributed by atoms with E-state index in [9.17, 15) is 4.79 Å². The van der Waals surface area contributed by atoms with Crippen LogP contribution in [-0.2, 0) is 19.6 Å². The molecule has 2 heterocycles. The molecule has 7 heteroatoms. The molecule has 0 aliphatic carbocycles. The van der Waals surface area contributed by atoms with Crippen molar-refractivity contribution in [2.45, 2.75) is 39.5 Å². The largest absolute Gasteiger partial charge is 0.372 e. The Bertz CT molecular complexity index is 713. The minimum atomic E-state index is -0.0711. The highest BCUT2D eigenvalue weighted by Crippen LogP contribution is 2.25. The van der Waals surface area contributed by atoms with Gasteiger partial charge in [-0.2, -0.15) is 0 Å². The van der Waals surface area contributed by atoms with Gasteiger partial charge in [0.1, 0.15) is 6.33 Å². The summed E-state index contributed by atoms with van der Waals surface area (Å²) in [6, 6.07) is 8.28. The van der Waals surface area contributed by atoms with E-state index in [-0.39, 0.29) is 12.1 Å². The predicted molar refractivity (Wildman–Crippen MR) is 92.6 cm³/mol. The minimum absolute atomic E-state index is 0.0711. The summed E-state index contributed by atoms with van der Waals surface area (Å²) in [6.45, 7) is 6.68. The normalized spacial score (nSPS) is 17.4. The number of amides is 2. The monoisotopic (exact) mass is 328 g/mol. The molecule has 1 N–H and O–H groups in total. The Hall–Kier alpha value is -2.57. The van der Waals surface area contributed by atoms with Crippen molar-refractivity contribution in [2.75, 3.05) is 18.5 Å². The molecule has 1 atom stereocenters. The lowest BCUT2D eigenvalue weighted by molar-refractivity contribution is 0.177. The SMILES string of the molecule is CCn1cnnc1CNC(=O)N1Cc2ccccc2N(C)C[C@H]1C. The molecule has 24 heavy (non-hydrogen) atoms. The average molecular weight is 328 g/mol. The Balaban J connectivity index is 1.72. The van der Waals surface area contributed by atoms with Crippen LogP contribution in [0.25, 0.3) is 0 Å². The van der Waals surface area contributed by atoms with Gasteiger partial charge in [-0.05, 0) is 25.5 Å². The van der Waals surface area contributed by atoms with Crippen molar-refractivity contribution in [3.05, 3.63) is 42.0 Å². The zero-order chi connectivity index (χ0) is 17.1. The van der Waals surface area contributed by atoms with Crippen molar-refractivity contribution in [3.8, 4) is 0 Å². The van der Waals surface area contributed by atoms with Gasteiger partial charge in [0.25, 0.3) is 0 Å². The number of aryl methyl sites for hydroxylation is 1. The lowest BCUT2D eigenvalue weighted by atomic mass is 10.1. The molecule has 2 amide bonds. The number of anilines is 1. The van der Waals surface area contributed by atoms with Crippen LogP contribution < -0.4 is 10.2 Å². The van der Waals surface area contributed by atoms with Crippen LogP contribution in [0.5, 0.6) is 0 Å². The number of aromatic nitrogens is 3. The first-order valence-corrected chi connectivity index (χ1v) is 8.30. The Morgan fingerprint density at radius 2 is 2.17 bits per heavy atom. The first kappa shape index (κ1) is 16.3. The van der Waals surface area contributed by atoms with E-state index in [1.165, 1.54) is 5.69 Å². The Morgan fingerprint density at radius 3 is 2.96 bits per heavy atom. The van der Waals surface area contributed by atoms with Crippen molar-refractivity contribution in [1.29, 1.82) is 0 Å². The number of benzene rings is 1. The molecule has 2 aromatic rings. The third kappa shape index (κ3) is 3.20. The van der Waals surface area contributed by atoms with Crippen LogP contribution in [-0.4, -0.2) is 45.3 Å². The van der Waals surface area contributed by atoms with E-state index in [4.69, 9.17) is 0 Å². The summed E-state index contributed by atoms with van der Waals surface area (Å²) < 4.78 is 1.93. The van der Waals surface area contributed by atoms with E-state index in [2.05, 4.69) is 46.5 Å². The number of para-hydroxylation sites is 1. The summed E-state index contributed by atoms with van der Waals surface area (Å²) in [5.41, 5.74) is 2.35. The molecule has 0 bridgehead atoms. The van der Waals surface area contributed by atoms with Crippen LogP contribution in [0, 0.1) is 0 Å². The Labute approximate surface area is 142 Å². The number of carbonyl (C=O) groups excluding carboxylic acids is 1. The molecule has 1 aromatic heterocycles. The van der Waals surface area contributed by atoms with Crippen molar-refractivity contribution < 1.29 is 4.79 Å². The van der Waals surface area contributed by atoms with Crippen LogP contribution in [0.4, 0.5) is 10.5 Å². The van der Waals surface area contributed by atoms with Crippen molar-refractivity contribution in [1.82, 2.24) is 25.0 Å². The molecule has 128 valence electrons. The minimum Gasteiger partial charge on any atom is -0.372 e. The van der Waals surface area contributed by atoms with Gasteiger partial charge in [0.2, 0.25) is 0 Å². The van der Waals surface area contributed by atoms with Crippen LogP contribution in [0.15, 0.2) is 30.6 Å². The molecule has 1 aliphatic rings. The van der Waals surface area contributed by atoms with E-state index in [1.54, 1.807) is 6.33 Å². The van der Waals surface area contributed by atoms with Crippen LogP contribution >= 0.6 is 0 Å². The van der Waals surface area contributed by atoms with Crippen molar-refractivity contribution in [3.63, 3.8) is 0 Å². The maximum absolute atomic E-state index is 12.7. The van der Waals surface area contributed by atoms with E-state index in [0.717, 1.165) is 24.5 Å². The maximum atomic E-state index is 12.7. The van der Waals surface area contributed by atoms with Gasteiger partial charge in [0.15, 0.2) is 5.82 Å². The van der Waals surface area contributed by atoms with Gasteiger partial charge in [0, 0.05) is 38.4 Å². The molecule has 7 nitrogen and oxygen atoms in total. The molecular formula is C17H24N6O. The second kappa shape index (κ2) is 6.90. The summed E-state index contributed by atoms with van der Waals surface area (Å²) in [5, 5.41) is 10.9. The number of fused-ring (bicyclic) bond motifs is 1. The van der Waals surface area contributed by atoms with E-state index in [1.807, 2.05) is 28.5 Å². The molecule has 1 aromatic carbocycles. The summed E-state index contributed by atoms with van der Waals surface area (Å²) in [7, 11) is 2.07. The molecule has 0 saturated carbocycles. The third-order valence-corrected chi connectivity index (χ3v) is 4.51. The lowest BCUT2D eigenvalue weighted by Gasteiger charge is -2.28. The molecule has 3 rings (SSSR count). The van der Waals surface area contributed by atoms with Gasteiger partial charge < -0.3 is 19.7 Å². The Morgan fingerprint density at radius 1 is 1.38 bits per heavy atom. The summed E-state index contributed by atoms with van der Waals surface area (Å²) >= 11 is 0. The fourth-order valence-electron chi connectivity index (χ4n) is 3.16. The molecule has 0 unspecified atom stereocenters. The van der Waals surface area contributed by atoms with Crippen molar-refractivity contribution >= 4 is 11.7 Å². The molecule has 1 aliphatic heterocycles. The number of urea groups is 1. The second-order valence-electron chi connectivity index (χ2n) is 6.18. The highest BCUT2D eigenvalue weighted by molar-refractivity contribution is 5.75. The molecule has 0 radical (unpaired) electrons. The predicted octanol–water partition coefficient (Wildman–Crippen LogP) is 1.85. The van der Waals surface area contributed by atoms with Gasteiger partial charge in [-0.25, -0.2) is 4.79 Å². The number of hydrogen-bond donors (Lipinski definition) is 1. The van der Waals surface area contributed by atoms with Crippen LogP contribution in [0.2, 0.25) is 0 Å².